The van der Waals surface area contributed by atoms with Crippen molar-refractivity contribution in [1.82, 2.24) is 0 Å². The van der Waals surface area contributed by atoms with Crippen molar-refractivity contribution in [3.05, 3.63) is 100 Å². The molecule has 0 spiro atoms. The minimum absolute atomic E-state index is 0.213. The zero-order valence-corrected chi connectivity index (χ0v) is 15.1. The molecule has 0 aromatic heterocycles. The topological polar surface area (TPSA) is 49.3 Å². The number of carboxylic acid groups (broad SMARTS) is 1. The molecule has 0 saturated heterocycles. The van der Waals surface area contributed by atoms with Crippen LogP contribution in [0.25, 0.3) is 0 Å². The number of carbonyl (C=O) groups is 1. The molecule has 27 heavy (non-hydrogen) atoms. The molecule has 0 unspecified atom stereocenters. The maximum absolute atomic E-state index is 11.5. The van der Waals surface area contributed by atoms with Crippen LogP contribution in [-0.2, 0) is 6.42 Å². The number of nitrogens with one attached hydrogen (secondary N) is 1. The van der Waals surface area contributed by atoms with E-state index >= 15 is 0 Å². The second kappa shape index (κ2) is 5.98. The van der Waals surface area contributed by atoms with Crippen LogP contribution in [0.2, 0.25) is 0 Å². The van der Waals surface area contributed by atoms with Gasteiger partial charge in [-0.15, -0.1) is 0 Å². The van der Waals surface area contributed by atoms with Crippen molar-refractivity contribution in [2.24, 2.45) is 5.92 Å². The van der Waals surface area contributed by atoms with E-state index in [1.165, 1.54) is 22.3 Å². The SMILES string of the molecule is Cc1cccc([C@@H]2Nc3ccc(C(=O)O)cc3[C@@H]3c4ccccc4C[C@@H]32)c1. The largest absolute Gasteiger partial charge is 0.478 e. The Balaban J connectivity index is 1.69. The van der Waals surface area contributed by atoms with Gasteiger partial charge in [0.05, 0.1) is 11.6 Å². The highest BCUT2D eigenvalue weighted by molar-refractivity contribution is 5.89. The minimum Gasteiger partial charge on any atom is -0.478 e. The van der Waals surface area contributed by atoms with Crippen molar-refractivity contribution in [2.75, 3.05) is 5.32 Å². The van der Waals surface area contributed by atoms with Crippen LogP contribution in [0.3, 0.4) is 0 Å². The summed E-state index contributed by atoms with van der Waals surface area (Å²) >= 11 is 0. The highest BCUT2D eigenvalue weighted by atomic mass is 16.4. The number of hydrogen-bond donors (Lipinski definition) is 2. The van der Waals surface area contributed by atoms with E-state index in [1.54, 1.807) is 6.07 Å². The molecule has 2 aliphatic rings. The van der Waals surface area contributed by atoms with Gasteiger partial charge >= 0.3 is 5.97 Å². The highest BCUT2D eigenvalue weighted by Crippen LogP contribution is 2.53. The van der Waals surface area contributed by atoms with Gasteiger partial charge in [-0.1, -0.05) is 54.1 Å². The van der Waals surface area contributed by atoms with Gasteiger partial charge in [0.2, 0.25) is 0 Å². The Morgan fingerprint density at radius 2 is 1.85 bits per heavy atom. The lowest BCUT2D eigenvalue weighted by Gasteiger charge is -2.38. The van der Waals surface area contributed by atoms with Crippen LogP contribution in [0.4, 0.5) is 5.69 Å². The molecule has 0 bridgehead atoms. The third kappa shape index (κ3) is 2.54. The van der Waals surface area contributed by atoms with Gasteiger partial charge in [0.25, 0.3) is 0 Å². The van der Waals surface area contributed by atoms with Crippen molar-refractivity contribution in [3.8, 4) is 0 Å². The van der Waals surface area contributed by atoms with E-state index in [4.69, 9.17) is 0 Å². The molecule has 134 valence electrons. The van der Waals surface area contributed by atoms with Crippen LogP contribution in [0.1, 0.15) is 50.1 Å². The van der Waals surface area contributed by atoms with E-state index in [0.29, 0.717) is 11.5 Å². The van der Waals surface area contributed by atoms with Gasteiger partial charge in [-0.3, -0.25) is 0 Å². The van der Waals surface area contributed by atoms with Crippen LogP contribution < -0.4 is 5.32 Å². The van der Waals surface area contributed by atoms with Gasteiger partial charge in [0.15, 0.2) is 0 Å². The lowest BCUT2D eigenvalue weighted by atomic mass is 9.75. The quantitative estimate of drug-likeness (QED) is 0.667. The van der Waals surface area contributed by atoms with Crippen molar-refractivity contribution < 1.29 is 9.90 Å². The van der Waals surface area contributed by atoms with Crippen molar-refractivity contribution >= 4 is 11.7 Å². The first kappa shape index (κ1) is 16.1. The van der Waals surface area contributed by atoms with E-state index < -0.39 is 5.97 Å². The van der Waals surface area contributed by atoms with Crippen LogP contribution >= 0.6 is 0 Å². The molecule has 0 amide bonds. The van der Waals surface area contributed by atoms with E-state index in [9.17, 15) is 9.90 Å². The molecule has 1 heterocycles. The number of hydrogen-bond acceptors (Lipinski definition) is 2. The number of carboxylic acids is 1. The second-order valence-electron chi connectivity index (χ2n) is 7.69. The summed E-state index contributed by atoms with van der Waals surface area (Å²) < 4.78 is 0. The van der Waals surface area contributed by atoms with Gasteiger partial charge in [-0.25, -0.2) is 4.79 Å². The van der Waals surface area contributed by atoms with E-state index in [-0.39, 0.29) is 12.0 Å². The van der Waals surface area contributed by atoms with Crippen LogP contribution in [0.15, 0.2) is 66.7 Å². The average Bonchev–Trinajstić information content (AvgIpc) is 3.06. The monoisotopic (exact) mass is 355 g/mol. The van der Waals surface area contributed by atoms with Gasteiger partial charge in [0.1, 0.15) is 0 Å². The predicted molar refractivity (Wildman–Crippen MR) is 106 cm³/mol. The smallest absolute Gasteiger partial charge is 0.335 e. The molecule has 0 saturated carbocycles. The lowest BCUT2D eigenvalue weighted by molar-refractivity contribution is 0.0696. The number of benzene rings is 3. The minimum atomic E-state index is -0.874. The fourth-order valence-corrected chi connectivity index (χ4v) is 4.89. The number of anilines is 1. The molecular weight excluding hydrogens is 334 g/mol. The van der Waals surface area contributed by atoms with Crippen LogP contribution in [0, 0.1) is 12.8 Å². The maximum Gasteiger partial charge on any atom is 0.335 e. The summed E-state index contributed by atoms with van der Waals surface area (Å²) in [5, 5.41) is 13.2. The molecule has 1 aliphatic heterocycles. The highest BCUT2D eigenvalue weighted by Gasteiger charge is 2.43. The molecule has 3 nitrogen and oxygen atoms in total. The number of aryl methyl sites for hydroxylation is 1. The maximum atomic E-state index is 11.5. The Kier molecular flexibility index (Phi) is 3.57. The molecule has 0 radical (unpaired) electrons. The summed E-state index contributed by atoms with van der Waals surface area (Å²) in [5.41, 5.74) is 7.77. The molecule has 1 aliphatic carbocycles. The molecule has 3 atom stereocenters. The second-order valence-corrected chi connectivity index (χ2v) is 7.69. The van der Waals surface area contributed by atoms with Crippen molar-refractivity contribution in [3.63, 3.8) is 0 Å². The summed E-state index contributed by atoms with van der Waals surface area (Å²) in [4.78, 5) is 11.5. The van der Waals surface area contributed by atoms with Gasteiger partial charge < -0.3 is 10.4 Å². The first-order valence-electron chi connectivity index (χ1n) is 9.40. The predicted octanol–water partition coefficient (Wildman–Crippen LogP) is 5.16. The van der Waals surface area contributed by atoms with Gasteiger partial charge in [-0.2, -0.15) is 0 Å². The Hall–Kier alpha value is -3.07. The summed E-state index contributed by atoms with van der Waals surface area (Å²) in [6.45, 7) is 2.13. The molecular formula is C24H21NO2. The van der Waals surface area contributed by atoms with Crippen LogP contribution in [-0.4, -0.2) is 11.1 Å². The summed E-state index contributed by atoms with van der Waals surface area (Å²) in [5.74, 6) is -0.274. The molecule has 5 rings (SSSR count). The zero-order valence-electron chi connectivity index (χ0n) is 15.1. The Morgan fingerprint density at radius 3 is 2.67 bits per heavy atom. The van der Waals surface area contributed by atoms with E-state index in [1.807, 2.05) is 12.1 Å². The first-order chi connectivity index (χ1) is 13.1. The summed E-state index contributed by atoms with van der Waals surface area (Å²) in [6, 6.07) is 23.0. The fraction of sp³-hybridized carbons (Fsp3) is 0.208. The normalized spacial score (nSPS) is 22.3. The van der Waals surface area contributed by atoms with Crippen molar-refractivity contribution in [2.45, 2.75) is 25.3 Å². The first-order valence-corrected chi connectivity index (χ1v) is 9.40. The molecule has 3 aromatic rings. The Labute approximate surface area is 158 Å². The number of aromatic carboxylic acids is 1. The standard InChI is InChI=1S/C24H21NO2/c1-14-5-4-7-16(11-14)23-20-12-15-6-2-3-8-18(15)22(20)19-13-17(24(26)27)9-10-21(19)25-23/h2-11,13,20,22-23,25H,12H2,1H3,(H,26,27)/t20-,22-,23-/m0/s1. The molecule has 3 aromatic carbocycles. The number of fused-ring (bicyclic) bond motifs is 5. The number of rotatable bonds is 2. The van der Waals surface area contributed by atoms with Gasteiger partial charge in [-0.05, 0) is 59.7 Å². The van der Waals surface area contributed by atoms with E-state index in [2.05, 4.69) is 60.8 Å². The summed E-state index contributed by atoms with van der Waals surface area (Å²) in [7, 11) is 0. The molecule has 3 heteroatoms. The average molecular weight is 355 g/mol. The summed E-state index contributed by atoms with van der Waals surface area (Å²) in [6.07, 6.45) is 1.00. The molecule has 2 N–H and O–H groups in total. The van der Waals surface area contributed by atoms with Crippen molar-refractivity contribution in [1.29, 1.82) is 0 Å². The van der Waals surface area contributed by atoms with Crippen LogP contribution in [0.5, 0.6) is 0 Å². The van der Waals surface area contributed by atoms with E-state index in [0.717, 1.165) is 17.7 Å². The molecule has 0 fully saturated rings. The Morgan fingerprint density at radius 1 is 1.00 bits per heavy atom. The third-order valence-corrected chi connectivity index (χ3v) is 6.05. The lowest BCUT2D eigenvalue weighted by Crippen LogP contribution is -2.30. The Bertz CT molecular complexity index is 1060. The van der Waals surface area contributed by atoms with Gasteiger partial charge in [0, 0.05) is 11.6 Å². The zero-order chi connectivity index (χ0) is 18.5. The fourth-order valence-electron chi connectivity index (χ4n) is 4.89. The third-order valence-electron chi connectivity index (χ3n) is 6.05.